The number of amides is 1. The zero-order valence-electron chi connectivity index (χ0n) is 17.0. The molecule has 2 aromatic carbocycles. The van der Waals surface area contributed by atoms with Gasteiger partial charge in [-0.1, -0.05) is 24.3 Å². The van der Waals surface area contributed by atoms with Crippen molar-refractivity contribution in [3.8, 4) is 11.5 Å². The fourth-order valence-corrected chi connectivity index (χ4v) is 4.02. The van der Waals surface area contributed by atoms with Crippen LogP contribution in [0, 0.1) is 0 Å². The summed E-state index contributed by atoms with van der Waals surface area (Å²) in [6.07, 6.45) is 1.89. The summed E-state index contributed by atoms with van der Waals surface area (Å²) >= 11 is 1.54. The number of fused-ring (bicyclic) bond motifs is 2. The number of nitrogens with one attached hydrogen (secondary N) is 2. The van der Waals surface area contributed by atoms with E-state index >= 15 is 0 Å². The van der Waals surface area contributed by atoms with Gasteiger partial charge < -0.3 is 19.8 Å². The molecule has 2 heterocycles. The molecule has 8 nitrogen and oxygen atoms in total. The minimum absolute atomic E-state index is 0.198. The van der Waals surface area contributed by atoms with Crippen molar-refractivity contribution in [1.82, 2.24) is 14.9 Å². The molecular weight excluding hydrogens is 418 g/mol. The Morgan fingerprint density at radius 1 is 1.19 bits per heavy atom. The molecule has 0 saturated heterocycles. The maximum atomic E-state index is 13.0. The number of rotatable bonds is 7. The van der Waals surface area contributed by atoms with Crippen molar-refractivity contribution < 1.29 is 14.3 Å². The number of H-pyrrole nitrogens is 1. The van der Waals surface area contributed by atoms with Crippen molar-refractivity contribution in [2.45, 2.75) is 18.6 Å². The number of para-hydroxylation sites is 3. The van der Waals surface area contributed by atoms with E-state index in [1.165, 1.54) is 0 Å². The van der Waals surface area contributed by atoms with Gasteiger partial charge in [-0.2, -0.15) is 11.8 Å². The van der Waals surface area contributed by atoms with Gasteiger partial charge in [-0.15, -0.1) is 0 Å². The highest BCUT2D eigenvalue weighted by atomic mass is 32.2. The Balaban J connectivity index is 1.55. The predicted molar refractivity (Wildman–Crippen MR) is 120 cm³/mol. The van der Waals surface area contributed by atoms with Gasteiger partial charge in [0.1, 0.15) is 18.8 Å². The van der Waals surface area contributed by atoms with Crippen LogP contribution in [0.25, 0.3) is 10.9 Å². The molecule has 2 N–H and O–H groups in total. The van der Waals surface area contributed by atoms with E-state index in [1.807, 2.05) is 24.5 Å². The van der Waals surface area contributed by atoms with E-state index in [2.05, 4.69) is 10.3 Å². The Kier molecular flexibility index (Phi) is 6.31. The standard InChI is InChI=1S/C22H23N3O5S/c1-31-11-10-17(25-21(27)15-6-2-3-7-16(15)24-22(25)28)20(26)23-12-14-13-29-18-8-4-5-9-19(18)30-14/h2-9,14,17H,10-13H2,1H3,(H,23,26)(H,24,28). The molecule has 0 saturated carbocycles. The van der Waals surface area contributed by atoms with E-state index in [0.717, 1.165) is 4.57 Å². The third-order valence-corrected chi connectivity index (χ3v) is 5.76. The first kappa shape index (κ1) is 21.0. The van der Waals surface area contributed by atoms with Gasteiger partial charge in [-0.05, 0) is 42.7 Å². The second-order valence-corrected chi connectivity index (χ2v) is 8.18. The SMILES string of the molecule is CSCCC(C(=O)NCC1COc2ccccc2O1)n1c(=O)[nH]c2ccccc2c1=O. The summed E-state index contributed by atoms with van der Waals surface area (Å²) in [6.45, 7) is 0.493. The Hall–Kier alpha value is -3.20. The number of hydrogen-bond donors (Lipinski definition) is 2. The largest absolute Gasteiger partial charge is 0.486 e. The van der Waals surface area contributed by atoms with Gasteiger partial charge in [-0.3, -0.25) is 9.59 Å². The number of aromatic amines is 1. The Morgan fingerprint density at radius 3 is 2.74 bits per heavy atom. The molecule has 0 fully saturated rings. The zero-order chi connectivity index (χ0) is 21.8. The highest BCUT2D eigenvalue weighted by Crippen LogP contribution is 2.30. The van der Waals surface area contributed by atoms with Gasteiger partial charge in [0.25, 0.3) is 5.56 Å². The third kappa shape index (κ3) is 4.46. The van der Waals surface area contributed by atoms with Gasteiger partial charge in [0.15, 0.2) is 11.5 Å². The van der Waals surface area contributed by atoms with Crippen LogP contribution in [-0.4, -0.2) is 46.7 Å². The third-order valence-electron chi connectivity index (χ3n) is 5.12. The molecule has 1 amide bonds. The van der Waals surface area contributed by atoms with Crippen LogP contribution in [0.3, 0.4) is 0 Å². The maximum Gasteiger partial charge on any atom is 0.329 e. The minimum Gasteiger partial charge on any atom is -0.486 e. The lowest BCUT2D eigenvalue weighted by molar-refractivity contribution is -0.125. The topological polar surface area (TPSA) is 102 Å². The molecule has 0 radical (unpaired) electrons. The number of benzene rings is 2. The van der Waals surface area contributed by atoms with Crippen molar-refractivity contribution >= 4 is 28.6 Å². The number of thioether (sulfide) groups is 1. The molecule has 31 heavy (non-hydrogen) atoms. The number of ether oxygens (including phenoxy) is 2. The zero-order valence-corrected chi connectivity index (χ0v) is 17.8. The molecule has 2 unspecified atom stereocenters. The smallest absolute Gasteiger partial charge is 0.329 e. The maximum absolute atomic E-state index is 13.0. The Morgan fingerprint density at radius 2 is 1.94 bits per heavy atom. The number of carbonyl (C=O) groups is 1. The molecule has 2 atom stereocenters. The molecule has 1 aromatic heterocycles. The Labute approximate surface area is 182 Å². The van der Waals surface area contributed by atoms with Crippen LogP contribution in [0.5, 0.6) is 11.5 Å². The molecule has 0 bridgehead atoms. The highest BCUT2D eigenvalue weighted by molar-refractivity contribution is 7.98. The van der Waals surface area contributed by atoms with Crippen LogP contribution < -0.4 is 26.0 Å². The van der Waals surface area contributed by atoms with Crippen LogP contribution in [-0.2, 0) is 4.79 Å². The van der Waals surface area contributed by atoms with Crippen LogP contribution >= 0.6 is 11.8 Å². The monoisotopic (exact) mass is 441 g/mol. The normalized spacial score (nSPS) is 16.1. The number of nitrogens with zero attached hydrogens (tertiary/aromatic N) is 1. The van der Waals surface area contributed by atoms with Crippen molar-refractivity contribution in [2.24, 2.45) is 0 Å². The molecule has 9 heteroatoms. The van der Waals surface area contributed by atoms with E-state index in [-0.39, 0.29) is 12.6 Å². The van der Waals surface area contributed by atoms with Crippen LogP contribution in [0.15, 0.2) is 58.1 Å². The minimum atomic E-state index is -0.926. The van der Waals surface area contributed by atoms with Crippen LogP contribution in [0.1, 0.15) is 12.5 Å². The van der Waals surface area contributed by atoms with E-state index in [4.69, 9.17) is 9.47 Å². The summed E-state index contributed by atoms with van der Waals surface area (Å²) in [6, 6.07) is 13.2. The lowest BCUT2D eigenvalue weighted by Crippen LogP contribution is -2.47. The second kappa shape index (κ2) is 9.30. The van der Waals surface area contributed by atoms with Crippen molar-refractivity contribution in [1.29, 1.82) is 0 Å². The van der Waals surface area contributed by atoms with Gasteiger partial charge in [0, 0.05) is 0 Å². The number of aromatic nitrogens is 2. The van der Waals surface area contributed by atoms with Crippen LogP contribution in [0.4, 0.5) is 0 Å². The average molecular weight is 442 g/mol. The molecule has 0 spiro atoms. The first-order valence-electron chi connectivity index (χ1n) is 9.97. The molecule has 162 valence electrons. The lowest BCUT2D eigenvalue weighted by atomic mass is 10.1. The first-order valence-corrected chi connectivity index (χ1v) is 11.4. The number of hydrogen-bond acceptors (Lipinski definition) is 6. The predicted octanol–water partition coefficient (Wildman–Crippen LogP) is 1.94. The van der Waals surface area contributed by atoms with Gasteiger partial charge in [0.05, 0.1) is 17.4 Å². The fourth-order valence-electron chi connectivity index (χ4n) is 3.56. The second-order valence-electron chi connectivity index (χ2n) is 7.19. The van der Waals surface area contributed by atoms with Crippen molar-refractivity contribution in [2.75, 3.05) is 25.2 Å². The van der Waals surface area contributed by atoms with E-state index in [1.54, 1.807) is 42.1 Å². The molecule has 3 aromatic rings. The molecule has 1 aliphatic heterocycles. The fraction of sp³-hybridized carbons (Fsp3) is 0.318. The van der Waals surface area contributed by atoms with Gasteiger partial charge in [0.2, 0.25) is 5.91 Å². The first-order chi connectivity index (χ1) is 15.1. The van der Waals surface area contributed by atoms with E-state index in [9.17, 15) is 14.4 Å². The highest BCUT2D eigenvalue weighted by Gasteiger charge is 2.27. The van der Waals surface area contributed by atoms with E-state index < -0.39 is 23.2 Å². The molecule has 1 aliphatic rings. The summed E-state index contributed by atoms with van der Waals surface area (Å²) in [5.41, 5.74) is -0.632. The summed E-state index contributed by atoms with van der Waals surface area (Å²) < 4.78 is 12.6. The molecule has 4 rings (SSSR count). The van der Waals surface area contributed by atoms with Crippen molar-refractivity contribution in [3.05, 3.63) is 69.4 Å². The lowest BCUT2D eigenvalue weighted by Gasteiger charge is -2.27. The van der Waals surface area contributed by atoms with Crippen LogP contribution in [0.2, 0.25) is 0 Å². The van der Waals surface area contributed by atoms with Gasteiger partial charge >= 0.3 is 5.69 Å². The Bertz CT molecular complexity index is 1210. The summed E-state index contributed by atoms with van der Waals surface area (Å²) in [5.74, 6) is 1.50. The van der Waals surface area contributed by atoms with E-state index in [0.29, 0.717) is 41.2 Å². The molecule has 0 aliphatic carbocycles. The van der Waals surface area contributed by atoms with Crippen molar-refractivity contribution in [3.63, 3.8) is 0 Å². The summed E-state index contributed by atoms with van der Waals surface area (Å²) in [4.78, 5) is 41.4. The van der Waals surface area contributed by atoms with Gasteiger partial charge in [-0.25, -0.2) is 9.36 Å². The quantitative estimate of drug-likeness (QED) is 0.581. The molecular formula is C22H23N3O5S. The summed E-state index contributed by atoms with van der Waals surface area (Å²) in [5, 5.41) is 3.19. The number of carbonyl (C=O) groups excluding carboxylic acids is 1. The summed E-state index contributed by atoms with van der Waals surface area (Å²) in [7, 11) is 0. The average Bonchev–Trinajstić information content (AvgIpc) is 2.79.